The van der Waals surface area contributed by atoms with Gasteiger partial charge < -0.3 is 14.7 Å². The number of fused-ring (bicyclic) bond motifs is 1. The van der Waals surface area contributed by atoms with Crippen molar-refractivity contribution in [2.24, 2.45) is 0 Å². The van der Waals surface area contributed by atoms with Crippen LogP contribution in [-0.4, -0.2) is 34.6 Å². The van der Waals surface area contributed by atoms with E-state index in [9.17, 15) is 4.79 Å². The highest BCUT2D eigenvalue weighted by molar-refractivity contribution is 5.83. The second-order valence-electron chi connectivity index (χ2n) is 7.76. The number of aromatic nitrogens is 2. The predicted molar refractivity (Wildman–Crippen MR) is 113 cm³/mol. The van der Waals surface area contributed by atoms with Crippen LogP contribution in [0.5, 0.6) is 5.75 Å². The zero-order valence-electron chi connectivity index (χ0n) is 16.5. The van der Waals surface area contributed by atoms with Crippen LogP contribution in [0.4, 0.5) is 0 Å². The van der Waals surface area contributed by atoms with Crippen LogP contribution in [0.2, 0.25) is 0 Å². The third kappa shape index (κ3) is 4.14. The molecular weight excluding hydrogens is 350 g/mol. The van der Waals surface area contributed by atoms with E-state index in [0.29, 0.717) is 11.8 Å². The summed E-state index contributed by atoms with van der Waals surface area (Å²) in [5.74, 6) is 0.367. The lowest BCUT2D eigenvalue weighted by molar-refractivity contribution is 0.148. The van der Waals surface area contributed by atoms with E-state index in [1.807, 2.05) is 0 Å². The van der Waals surface area contributed by atoms with Crippen molar-refractivity contribution >= 4 is 10.9 Å². The third-order valence-corrected chi connectivity index (χ3v) is 5.96. The Hall–Kier alpha value is -2.53. The van der Waals surface area contributed by atoms with Crippen LogP contribution in [0.1, 0.15) is 43.4 Å². The molecule has 0 unspecified atom stereocenters. The van der Waals surface area contributed by atoms with Gasteiger partial charge in [0.05, 0.1) is 7.11 Å². The fourth-order valence-electron chi connectivity index (χ4n) is 4.41. The minimum absolute atomic E-state index is 0.0588. The molecule has 2 aromatic heterocycles. The van der Waals surface area contributed by atoms with Crippen LogP contribution in [-0.2, 0) is 13.0 Å². The lowest BCUT2D eigenvalue weighted by Gasteiger charge is -2.34. The molecule has 1 fully saturated rings. The molecule has 2 N–H and O–H groups in total. The van der Waals surface area contributed by atoms with Gasteiger partial charge in [-0.25, -0.2) is 0 Å². The Morgan fingerprint density at radius 2 is 1.93 bits per heavy atom. The van der Waals surface area contributed by atoms with Gasteiger partial charge in [-0.3, -0.25) is 9.69 Å². The van der Waals surface area contributed by atoms with E-state index in [0.717, 1.165) is 25.2 Å². The fraction of sp³-hybridized carbons (Fsp3) is 0.435. The van der Waals surface area contributed by atoms with Crippen molar-refractivity contribution in [3.05, 3.63) is 64.2 Å². The second-order valence-corrected chi connectivity index (χ2v) is 7.76. The molecule has 5 heteroatoms. The largest absolute Gasteiger partial charge is 0.491 e. The summed E-state index contributed by atoms with van der Waals surface area (Å²) in [5, 5.41) is 1.31. The summed E-state index contributed by atoms with van der Waals surface area (Å²) in [6, 6.07) is 10.7. The number of benzene rings is 1. The first-order valence-corrected chi connectivity index (χ1v) is 10.3. The van der Waals surface area contributed by atoms with Gasteiger partial charge in [-0.2, -0.15) is 0 Å². The average molecular weight is 380 g/mol. The molecule has 1 aliphatic carbocycles. The van der Waals surface area contributed by atoms with Gasteiger partial charge >= 0.3 is 0 Å². The van der Waals surface area contributed by atoms with E-state index in [1.165, 1.54) is 55.7 Å². The lowest BCUT2D eigenvalue weighted by Crippen LogP contribution is -2.38. The number of para-hydroxylation sites is 1. The Balaban J connectivity index is 1.51. The average Bonchev–Trinajstić information content (AvgIpc) is 3.15. The monoisotopic (exact) mass is 379 g/mol. The van der Waals surface area contributed by atoms with E-state index in [2.05, 4.69) is 45.3 Å². The summed E-state index contributed by atoms with van der Waals surface area (Å²) < 4.78 is 5.10. The maximum Gasteiger partial charge on any atom is 0.223 e. The van der Waals surface area contributed by atoms with Crippen molar-refractivity contribution in [3.63, 3.8) is 0 Å². The van der Waals surface area contributed by atoms with Gasteiger partial charge in [0.2, 0.25) is 5.43 Å². The predicted octanol–water partition coefficient (Wildman–Crippen LogP) is 4.24. The van der Waals surface area contributed by atoms with Gasteiger partial charge in [0.15, 0.2) is 5.75 Å². The van der Waals surface area contributed by atoms with E-state index in [-0.39, 0.29) is 5.43 Å². The number of aromatic amines is 2. The molecule has 148 valence electrons. The summed E-state index contributed by atoms with van der Waals surface area (Å²) in [7, 11) is 1.53. The Morgan fingerprint density at radius 1 is 1.11 bits per heavy atom. The molecule has 5 nitrogen and oxygen atoms in total. The van der Waals surface area contributed by atoms with Crippen LogP contribution >= 0.6 is 0 Å². The molecule has 0 atom stereocenters. The van der Waals surface area contributed by atoms with Crippen molar-refractivity contribution in [1.29, 1.82) is 0 Å². The van der Waals surface area contributed by atoms with Crippen molar-refractivity contribution < 1.29 is 4.74 Å². The molecule has 0 radical (unpaired) electrons. The molecule has 1 aromatic carbocycles. The number of methoxy groups -OCH3 is 1. The molecule has 3 aromatic rings. The van der Waals surface area contributed by atoms with E-state index in [1.54, 1.807) is 12.3 Å². The van der Waals surface area contributed by atoms with E-state index < -0.39 is 0 Å². The summed E-state index contributed by atoms with van der Waals surface area (Å²) in [5.41, 5.74) is 3.45. The fourth-order valence-corrected chi connectivity index (χ4v) is 4.41. The highest BCUT2D eigenvalue weighted by Crippen LogP contribution is 2.25. The van der Waals surface area contributed by atoms with Crippen LogP contribution in [0.15, 0.2) is 47.5 Å². The molecule has 2 heterocycles. The highest BCUT2D eigenvalue weighted by atomic mass is 16.5. The van der Waals surface area contributed by atoms with Crippen LogP contribution < -0.4 is 10.2 Å². The summed E-state index contributed by atoms with van der Waals surface area (Å²) in [6.45, 7) is 1.76. The number of ether oxygens (including phenoxy) is 1. The first kappa shape index (κ1) is 18.8. The van der Waals surface area contributed by atoms with Gasteiger partial charge in [0, 0.05) is 54.2 Å². The summed E-state index contributed by atoms with van der Waals surface area (Å²) in [6.07, 6.45) is 11.2. The summed E-state index contributed by atoms with van der Waals surface area (Å²) >= 11 is 0. The molecule has 1 aliphatic rings. The quantitative estimate of drug-likeness (QED) is 0.645. The number of H-pyrrole nitrogens is 2. The third-order valence-electron chi connectivity index (χ3n) is 5.96. The first-order chi connectivity index (χ1) is 13.7. The SMILES string of the molecule is COc1c[nH]c(CN(CCc2c[nH]c3ccccc23)C2CCCCC2)cc1=O. The van der Waals surface area contributed by atoms with Gasteiger partial charge in [0.25, 0.3) is 0 Å². The maximum absolute atomic E-state index is 12.2. The Kier molecular flexibility index (Phi) is 5.81. The Bertz CT molecular complexity index is 969. The molecule has 0 amide bonds. The van der Waals surface area contributed by atoms with Gasteiger partial charge in [-0.05, 0) is 30.9 Å². The van der Waals surface area contributed by atoms with E-state index in [4.69, 9.17) is 4.74 Å². The topological polar surface area (TPSA) is 61.1 Å². The zero-order chi connectivity index (χ0) is 19.3. The van der Waals surface area contributed by atoms with Crippen molar-refractivity contribution in [1.82, 2.24) is 14.9 Å². The van der Waals surface area contributed by atoms with Gasteiger partial charge in [-0.15, -0.1) is 0 Å². The normalized spacial score (nSPS) is 15.4. The number of nitrogens with zero attached hydrogens (tertiary/aromatic N) is 1. The summed E-state index contributed by atoms with van der Waals surface area (Å²) in [4.78, 5) is 21.3. The molecule has 0 aliphatic heterocycles. The maximum atomic E-state index is 12.2. The van der Waals surface area contributed by atoms with Gasteiger partial charge in [0.1, 0.15) is 0 Å². The molecule has 28 heavy (non-hydrogen) atoms. The van der Waals surface area contributed by atoms with Crippen LogP contribution in [0, 0.1) is 0 Å². The Morgan fingerprint density at radius 3 is 2.71 bits per heavy atom. The number of nitrogens with one attached hydrogen (secondary N) is 2. The van der Waals surface area contributed by atoms with Crippen LogP contribution in [0.3, 0.4) is 0 Å². The van der Waals surface area contributed by atoms with Crippen molar-refractivity contribution in [3.8, 4) is 5.75 Å². The molecule has 0 bridgehead atoms. The van der Waals surface area contributed by atoms with Crippen molar-refractivity contribution in [2.75, 3.05) is 13.7 Å². The number of hydrogen-bond donors (Lipinski definition) is 2. The molecule has 0 saturated heterocycles. The first-order valence-electron chi connectivity index (χ1n) is 10.3. The Labute approximate surface area is 165 Å². The zero-order valence-corrected chi connectivity index (χ0v) is 16.5. The molecular formula is C23H29N3O2. The molecule has 0 spiro atoms. The number of rotatable bonds is 7. The smallest absolute Gasteiger partial charge is 0.223 e. The molecule has 1 saturated carbocycles. The van der Waals surface area contributed by atoms with E-state index >= 15 is 0 Å². The minimum atomic E-state index is -0.0588. The van der Waals surface area contributed by atoms with Crippen molar-refractivity contribution in [2.45, 2.75) is 51.1 Å². The standard InChI is InChI=1S/C23H29N3O2/c1-28-23-15-24-18(13-22(23)27)16-26(19-7-3-2-4-8-19)12-11-17-14-25-21-10-6-5-9-20(17)21/h5-6,9-10,13-15,19,25H,2-4,7-8,11-12,16H2,1H3,(H,24,27). The minimum Gasteiger partial charge on any atom is -0.491 e. The highest BCUT2D eigenvalue weighted by Gasteiger charge is 2.22. The van der Waals surface area contributed by atoms with Gasteiger partial charge in [-0.1, -0.05) is 37.5 Å². The molecule has 4 rings (SSSR count). The second kappa shape index (κ2) is 8.65. The number of pyridine rings is 1. The number of hydrogen-bond acceptors (Lipinski definition) is 3. The van der Waals surface area contributed by atoms with Crippen LogP contribution in [0.25, 0.3) is 10.9 Å². The lowest BCUT2D eigenvalue weighted by atomic mass is 9.93.